The van der Waals surface area contributed by atoms with Gasteiger partial charge in [-0.1, -0.05) is 119 Å². The van der Waals surface area contributed by atoms with Gasteiger partial charge in [0, 0.05) is 49.9 Å². The molecule has 335 valence electrons. The van der Waals surface area contributed by atoms with E-state index in [-0.39, 0.29) is 43.0 Å². The molecule has 2 fully saturated rings. The van der Waals surface area contributed by atoms with E-state index in [1.54, 1.807) is 5.56 Å². The van der Waals surface area contributed by atoms with Crippen molar-refractivity contribution >= 4 is 27.3 Å². The normalized spacial score (nSPS) is 17.0. The van der Waals surface area contributed by atoms with Gasteiger partial charge in [0.2, 0.25) is 0 Å². The summed E-state index contributed by atoms with van der Waals surface area (Å²) in [6.45, 7) is 23.0. The van der Waals surface area contributed by atoms with Gasteiger partial charge >= 0.3 is 0 Å². The number of carbonyl (C=O) groups excluding carboxylic acids is 1. The number of hydrogen-bond donors (Lipinski definition) is 1. The Morgan fingerprint density at radius 2 is 1.29 bits per heavy atom. The Kier molecular flexibility index (Phi) is 17.3. The number of rotatable bonds is 11. The number of allylic oxidation sites excluding steroid dienone is 2. The summed E-state index contributed by atoms with van der Waals surface area (Å²) in [5, 5.41) is 14.9. The van der Waals surface area contributed by atoms with Gasteiger partial charge in [-0.3, -0.25) is 4.79 Å². The quantitative estimate of drug-likeness (QED) is 0.0798. The van der Waals surface area contributed by atoms with E-state index >= 15 is 0 Å². The van der Waals surface area contributed by atoms with Crippen LogP contribution in [0.1, 0.15) is 145 Å². The van der Waals surface area contributed by atoms with Gasteiger partial charge in [-0.15, -0.1) is 69.8 Å². The van der Waals surface area contributed by atoms with E-state index in [2.05, 4.69) is 131 Å². The van der Waals surface area contributed by atoms with Gasteiger partial charge in [0.15, 0.2) is 5.78 Å². The summed E-state index contributed by atoms with van der Waals surface area (Å²) >= 11 is 0. The number of benzene rings is 4. The largest absolute Gasteiger partial charge is 0.512 e. The smallest absolute Gasteiger partial charge is 0.164 e. The second-order valence-electron chi connectivity index (χ2n) is 18.9. The molecule has 2 saturated carbocycles. The monoisotopic (exact) mass is 1020 g/mol. The molecule has 2 aliphatic carbocycles. The first-order valence-electron chi connectivity index (χ1n) is 23.4. The van der Waals surface area contributed by atoms with E-state index in [9.17, 15) is 9.90 Å². The summed E-state index contributed by atoms with van der Waals surface area (Å²) in [6.07, 6.45) is 14.4. The minimum absolute atomic E-state index is 0. The van der Waals surface area contributed by atoms with Crippen LogP contribution in [-0.2, 0) is 24.9 Å². The molecule has 2 heterocycles. The van der Waals surface area contributed by atoms with Crippen LogP contribution < -0.4 is 0 Å². The van der Waals surface area contributed by atoms with Crippen molar-refractivity contribution in [3.8, 4) is 22.5 Å². The van der Waals surface area contributed by atoms with Crippen LogP contribution in [0.5, 0.6) is 0 Å². The Hall–Kier alpha value is -4.44. The second-order valence-corrected chi connectivity index (χ2v) is 18.9. The van der Waals surface area contributed by atoms with Crippen LogP contribution in [0.3, 0.4) is 0 Å². The fourth-order valence-electron chi connectivity index (χ4n) is 9.84. The minimum atomic E-state index is -0.319. The van der Waals surface area contributed by atoms with E-state index < -0.39 is 0 Å². The molecule has 6 aromatic rings. The van der Waals surface area contributed by atoms with Crippen molar-refractivity contribution in [1.29, 1.82) is 0 Å². The number of aryl methyl sites for hydroxylation is 4. The summed E-state index contributed by atoms with van der Waals surface area (Å²) in [5.41, 5.74) is 11.7. The van der Waals surface area contributed by atoms with E-state index in [0.717, 1.165) is 71.5 Å². The number of ketones is 1. The molecule has 1 N–H and O–H groups in total. The first-order valence-corrected chi connectivity index (χ1v) is 23.4. The van der Waals surface area contributed by atoms with Gasteiger partial charge in [0.05, 0.1) is 5.76 Å². The number of nitrogens with zero attached hydrogens (tertiary/aromatic N) is 2. The van der Waals surface area contributed by atoms with Crippen LogP contribution in [0.25, 0.3) is 44.1 Å². The van der Waals surface area contributed by atoms with Crippen LogP contribution >= 0.6 is 0 Å². The van der Waals surface area contributed by atoms with Crippen molar-refractivity contribution in [2.75, 3.05) is 0 Å². The number of aliphatic hydroxyl groups excluding tert-OH is 1. The summed E-state index contributed by atoms with van der Waals surface area (Å²) in [6, 6.07) is 33.6. The fraction of sp³-hybridized carbons (Fsp3) is 0.431. The average Bonchev–Trinajstić information content (AvgIpc) is 3.90. The van der Waals surface area contributed by atoms with Crippen LogP contribution in [0.2, 0.25) is 0 Å². The predicted octanol–water partition coefficient (Wildman–Crippen LogP) is 15.9. The molecule has 5 heteroatoms. The standard InChI is InChI=1S/C24H24N.C20H20N.C14H26O2.Ir/c1-15-9-16(2)11-21(10-15)24-22-6-5-19(14-20(22)7-8-25-24)23-13-17-3-4-18(23)12-17;1-13(2)16-5-6-19-17(12-16)7-8-21-20(19)18-10-14(3)9-15(4)11-18;1-6-11(7-2)12(15)10-13(16)14(5,8-3)9-4;/h5-10,14,17-18,23H,3-4,12-13H2,1-2H3;5-10,12-13H,1-4H3;10-11,15H,6-9H2,1-5H3;/q2*-1;;/b;;12-10-;. The number of aliphatic hydroxyl groups is 1. The summed E-state index contributed by atoms with van der Waals surface area (Å²) < 4.78 is 0. The molecule has 3 atom stereocenters. The van der Waals surface area contributed by atoms with Crippen LogP contribution in [0.4, 0.5) is 0 Å². The van der Waals surface area contributed by atoms with Crippen LogP contribution in [0.15, 0.2) is 97.0 Å². The third kappa shape index (κ3) is 11.8. The summed E-state index contributed by atoms with van der Waals surface area (Å²) in [7, 11) is 0. The number of aromatic nitrogens is 2. The number of pyridine rings is 2. The molecule has 4 nitrogen and oxygen atoms in total. The maximum absolute atomic E-state index is 12.0. The molecule has 8 rings (SSSR count). The maximum Gasteiger partial charge on any atom is 0.164 e. The summed E-state index contributed by atoms with van der Waals surface area (Å²) in [5.74, 6) is 3.68. The molecular formula is C58H70IrN2O2-2. The number of hydrogen-bond acceptors (Lipinski definition) is 4. The minimum Gasteiger partial charge on any atom is -0.512 e. The van der Waals surface area contributed by atoms with Crippen molar-refractivity contribution in [2.45, 2.75) is 139 Å². The molecule has 2 aliphatic rings. The molecule has 0 spiro atoms. The summed E-state index contributed by atoms with van der Waals surface area (Å²) in [4.78, 5) is 21.3. The van der Waals surface area contributed by atoms with Crippen LogP contribution in [0, 0.1) is 63.0 Å². The van der Waals surface area contributed by atoms with Crippen molar-refractivity contribution < 1.29 is 30.0 Å². The second kappa shape index (κ2) is 22.0. The molecule has 0 saturated heterocycles. The predicted molar refractivity (Wildman–Crippen MR) is 262 cm³/mol. The molecule has 1 radical (unpaired) electrons. The topological polar surface area (TPSA) is 63.1 Å². The first-order chi connectivity index (χ1) is 29.7. The molecule has 0 amide bonds. The third-order valence-corrected chi connectivity index (χ3v) is 14.1. The van der Waals surface area contributed by atoms with Crippen molar-refractivity contribution in [3.63, 3.8) is 0 Å². The number of carbonyl (C=O) groups is 1. The van der Waals surface area contributed by atoms with Gasteiger partial charge < -0.3 is 15.1 Å². The SMILES string of the molecule is CCC(CC)/C(O)=C/C(=O)C(C)(CC)CC.Cc1[c-]c(-c2nccc3cc(C(C)C)ccc23)cc(C)c1.Cc1[c-]c(-c2nccc3cc(C4CC5CCC4C5)ccc23)cc(C)c1.[Ir]. The van der Waals surface area contributed by atoms with Crippen molar-refractivity contribution in [3.05, 3.63) is 143 Å². The molecule has 4 aromatic carbocycles. The maximum atomic E-state index is 12.0. The Morgan fingerprint density at radius 1 is 0.746 bits per heavy atom. The molecule has 2 aromatic heterocycles. The van der Waals surface area contributed by atoms with E-state index in [1.807, 2.05) is 47.0 Å². The zero-order valence-electron chi connectivity index (χ0n) is 39.8. The van der Waals surface area contributed by atoms with Gasteiger partial charge in [0.25, 0.3) is 0 Å². The average molecular weight is 1020 g/mol. The molecule has 2 bridgehead atoms. The van der Waals surface area contributed by atoms with Gasteiger partial charge in [-0.25, -0.2) is 0 Å². The van der Waals surface area contributed by atoms with Gasteiger partial charge in [-0.05, 0) is 125 Å². The molecule has 63 heavy (non-hydrogen) atoms. The van der Waals surface area contributed by atoms with Crippen molar-refractivity contribution in [2.24, 2.45) is 23.2 Å². The Morgan fingerprint density at radius 3 is 1.75 bits per heavy atom. The van der Waals surface area contributed by atoms with E-state index in [0.29, 0.717) is 5.92 Å². The Bertz CT molecular complexity index is 2490. The number of fused-ring (bicyclic) bond motifs is 4. The molecule has 3 unspecified atom stereocenters. The zero-order chi connectivity index (χ0) is 44.7. The fourth-order valence-corrected chi connectivity index (χ4v) is 9.84. The van der Waals surface area contributed by atoms with Crippen molar-refractivity contribution in [1.82, 2.24) is 9.97 Å². The Balaban J connectivity index is 0.000000182. The molecular weight excluding hydrogens is 949 g/mol. The van der Waals surface area contributed by atoms with Gasteiger partial charge in [-0.2, -0.15) is 0 Å². The van der Waals surface area contributed by atoms with Crippen LogP contribution in [-0.4, -0.2) is 20.9 Å². The first kappa shape index (κ1) is 49.6. The van der Waals surface area contributed by atoms with Gasteiger partial charge in [0.1, 0.15) is 0 Å². The zero-order valence-corrected chi connectivity index (χ0v) is 42.2. The molecule has 0 aliphatic heterocycles. The third-order valence-electron chi connectivity index (χ3n) is 14.1. The van der Waals surface area contributed by atoms with E-state index in [4.69, 9.17) is 4.98 Å². The van der Waals surface area contributed by atoms with E-state index in [1.165, 1.54) is 75.6 Å². The Labute approximate surface area is 392 Å².